The third-order valence-corrected chi connectivity index (χ3v) is 5.28. The Morgan fingerprint density at radius 1 is 1.35 bits per heavy atom. The number of nitrogens with zero attached hydrogens (tertiary/aromatic N) is 2. The lowest BCUT2D eigenvalue weighted by Crippen LogP contribution is -2.51. The molecule has 0 radical (unpaired) electrons. The number of rotatable bonds is 8. The predicted molar refractivity (Wildman–Crippen MR) is 97.0 cm³/mol. The minimum atomic E-state index is 0.282. The van der Waals surface area contributed by atoms with Gasteiger partial charge >= 0.3 is 0 Å². The third kappa shape index (κ3) is 5.96. The largest absolute Gasteiger partial charge is 0.373 e. The van der Waals surface area contributed by atoms with Gasteiger partial charge in [0.2, 0.25) is 0 Å². The average molecular weight is 325 g/mol. The lowest BCUT2D eigenvalue weighted by molar-refractivity contribution is -0.0453. The van der Waals surface area contributed by atoms with Crippen LogP contribution in [0.15, 0.2) is 4.99 Å². The lowest BCUT2D eigenvalue weighted by atomic mass is 9.99. The van der Waals surface area contributed by atoms with Crippen LogP contribution in [0, 0.1) is 5.92 Å². The van der Waals surface area contributed by atoms with Crippen molar-refractivity contribution in [3.05, 3.63) is 0 Å². The molecule has 134 valence electrons. The van der Waals surface area contributed by atoms with E-state index in [4.69, 9.17) is 4.74 Å². The molecule has 5 nitrogen and oxygen atoms in total. The molecule has 3 atom stereocenters. The van der Waals surface area contributed by atoms with E-state index in [9.17, 15) is 0 Å². The van der Waals surface area contributed by atoms with E-state index < -0.39 is 0 Å². The van der Waals surface area contributed by atoms with Crippen LogP contribution in [0.3, 0.4) is 0 Å². The van der Waals surface area contributed by atoms with Crippen molar-refractivity contribution in [3.8, 4) is 0 Å². The third-order valence-electron chi connectivity index (χ3n) is 5.28. The van der Waals surface area contributed by atoms with Gasteiger partial charge in [0, 0.05) is 32.7 Å². The van der Waals surface area contributed by atoms with Gasteiger partial charge in [-0.1, -0.05) is 33.1 Å². The fraction of sp³-hybridized carbons (Fsp3) is 0.944. The van der Waals surface area contributed by atoms with Crippen LogP contribution in [-0.2, 0) is 4.74 Å². The number of hydrogen-bond donors (Lipinski definition) is 2. The second-order valence-corrected chi connectivity index (χ2v) is 7.00. The molecule has 0 bridgehead atoms. The molecule has 0 amide bonds. The summed E-state index contributed by atoms with van der Waals surface area (Å²) in [6, 6.07) is 0.674. The number of aliphatic imine (C=N–C) groups is 1. The number of nitrogens with one attached hydrogen (secondary N) is 2. The minimum absolute atomic E-state index is 0.282. The van der Waals surface area contributed by atoms with Crippen molar-refractivity contribution in [3.63, 3.8) is 0 Å². The zero-order chi connectivity index (χ0) is 16.5. The van der Waals surface area contributed by atoms with Crippen LogP contribution in [0.1, 0.15) is 52.4 Å². The van der Waals surface area contributed by atoms with Gasteiger partial charge in [-0.3, -0.25) is 9.89 Å². The van der Waals surface area contributed by atoms with E-state index in [0.717, 1.165) is 38.1 Å². The Hall–Kier alpha value is -0.810. The van der Waals surface area contributed by atoms with E-state index in [2.05, 4.69) is 34.4 Å². The number of unbranched alkanes of at least 4 members (excludes halogenated alkanes) is 1. The molecule has 3 unspecified atom stereocenters. The maximum absolute atomic E-state index is 6.00. The summed E-state index contributed by atoms with van der Waals surface area (Å²) >= 11 is 0. The van der Waals surface area contributed by atoms with E-state index in [1.807, 2.05) is 7.05 Å². The van der Waals surface area contributed by atoms with Gasteiger partial charge in [0.15, 0.2) is 5.96 Å². The van der Waals surface area contributed by atoms with Crippen molar-refractivity contribution in [2.45, 2.75) is 64.5 Å². The first kappa shape index (κ1) is 18.5. The Morgan fingerprint density at radius 2 is 2.22 bits per heavy atom. The molecule has 0 aromatic carbocycles. The maximum Gasteiger partial charge on any atom is 0.191 e. The normalized spacial score (nSPS) is 26.8. The molecular weight excluding hydrogens is 288 g/mol. The number of fused-ring (bicyclic) bond motifs is 1. The van der Waals surface area contributed by atoms with Crippen LogP contribution in [0.4, 0.5) is 0 Å². The van der Waals surface area contributed by atoms with Crippen molar-refractivity contribution >= 4 is 5.96 Å². The highest BCUT2D eigenvalue weighted by molar-refractivity contribution is 5.79. The second kappa shape index (κ2) is 10.1. The van der Waals surface area contributed by atoms with Gasteiger partial charge in [-0.2, -0.15) is 0 Å². The molecule has 0 aliphatic carbocycles. The van der Waals surface area contributed by atoms with E-state index >= 15 is 0 Å². The van der Waals surface area contributed by atoms with Gasteiger partial charge in [-0.25, -0.2) is 0 Å². The topological polar surface area (TPSA) is 48.9 Å². The van der Waals surface area contributed by atoms with Gasteiger partial charge in [-0.15, -0.1) is 0 Å². The molecule has 5 heteroatoms. The van der Waals surface area contributed by atoms with E-state index in [-0.39, 0.29) is 6.10 Å². The number of guanidine groups is 1. The first-order valence-electron chi connectivity index (χ1n) is 9.56. The van der Waals surface area contributed by atoms with Gasteiger partial charge in [0.25, 0.3) is 0 Å². The highest BCUT2D eigenvalue weighted by atomic mass is 16.5. The number of ether oxygens (including phenoxy) is 1. The zero-order valence-corrected chi connectivity index (χ0v) is 15.3. The summed E-state index contributed by atoms with van der Waals surface area (Å²) in [7, 11) is 1.85. The molecule has 2 aliphatic rings. The standard InChI is InChI=1S/C18H36N4O/c1-4-6-8-15(5-2)11-20-18(19-3)21-12-17-13-22-10-7-9-16(22)14-23-17/h15-17H,4-14H2,1-3H3,(H2,19,20,21). The molecule has 2 fully saturated rings. The van der Waals surface area contributed by atoms with Crippen LogP contribution in [0.2, 0.25) is 0 Å². The molecule has 2 rings (SSSR count). The quantitative estimate of drug-likeness (QED) is 0.531. The summed E-state index contributed by atoms with van der Waals surface area (Å²) in [6.45, 7) is 9.59. The van der Waals surface area contributed by atoms with Crippen molar-refractivity contribution in [1.82, 2.24) is 15.5 Å². The summed E-state index contributed by atoms with van der Waals surface area (Å²) < 4.78 is 6.00. The van der Waals surface area contributed by atoms with Crippen LogP contribution in [0.5, 0.6) is 0 Å². The Bertz CT molecular complexity index is 361. The van der Waals surface area contributed by atoms with Crippen molar-refractivity contribution < 1.29 is 4.74 Å². The summed E-state index contributed by atoms with van der Waals surface area (Å²) in [5.41, 5.74) is 0. The molecule has 0 saturated carbocycles. The smallest absolute Gasteiger partial charge is 0.191 e. The highest BCUT2D eigenvalue weighted by Crippen LogP contribution is 2.22. The lowest BCUT2D eigenvalue weighted by Gasteiger charge is -2.35. The summed E-state index contributed by atoms with van der Waals surface area (Å²) in [5.74, 6) is 1.65. The van der Waals surface area contributed by atoms with Crippen LogP contribution < -0.4 is 10.6 Å². The number of morpholine rings is 1. The molecule has 2 saturated heterocycles. The van der Waals surface area contributed by atoms with Crippen LogP contribution in [0.25, 0.3) is 0 Å². The monoisotopic (exact) mass is 324 g/mol. The first-order chi connectivity index (χ1) is 11.3. The Morgan fingerprint density at radius 3 is 2.96 bits per heavy atom. The fourth-order valence-corrected chi connectivity index (χ4v) is 3.62. The Kier molecular flexibility index (Phi) is 8.17. The van der Waals surface area contributed by atoms with Crippen LogP contribution >= 0.6 is 0 Å². The molecule has 2 aliphatic heterocycles. The molecule has 0 aromatic heterocycles. The van der Waals surface area contributed by atoms with E-state index in [1.54, 1.807) is 0 Å². The average Bonchev–Trinajstić information content (AvgIpc) is 3.05. The van der Waals surface area contributed by atoms with Gasteiger partial charge in [0.05, 0.1) is 12.7 Å². The molecule has 23 heavy (non-hydrogen) atoms. The minimum Gasteiger partial charge on any atom is -0.373 e. The zero-order valence-electron chi connectivity index (χ0n) is 15.3. The van der Waals surface area contributed by atoms with Crippen molar-refractivity contribution in [2.24, 2.45) is 10.9 Å². The number of hydrogen-bond acceptors (Lipinski definition) is 3. The molecule has 0 spiro atoms. The predicted octanol–water partition coefficient (Wildman–Crippen LogP) is 2.23. The van der Waals surface area contributed by atoms with Crippen LogP contribution in [-0.4, -0.2) is 62.8 Å². The summed E-state index contributed by atoms with van der Waals surface area (Å²) in [6.07, 6.45) is 8.04. The maximum atomic E-state index is 6.00. The van der Waals surface area contributed by atoms with E-state index in [0.29, 0.717) is 6.04 Å². The van der Waals surface area contributed by atoms with Gasteiger partial charge < -0.3 is 15.4 Å². The fourth-order valence-electron chi connectivity index (χ4n) is 3.62. The molecular formula is C18H36N4O. The van der Waals surface area contributed by atoms with Gasteiger partial charge in [0.1, 0.15) is 0 Å². The Labute approximate surface area is 142 Å². The van der Waals surface area contributed by atoms with E-state index in [1.165, 1.54) is 45.1 Å². The van der Waals surface area contributed by atoms with Crippen molar-refractivity contribution in [2.75, 3.05) is 39.8 Å². The summed E-state index contributed by atoms with van der Waals surface area (Å²) in [5, 5.41) is 6.93. The van der Waals surface area contributed by atoms with Gasteiger partial charge in [-0.05, 0) is 31.7 Å². The summed E-state index contributed by atoms with van der Waals surface area (Å²) in [4.78, 5) is 6.94. The molecule has 2 heterocycles. The first-order valence-corrected chi connectivity index (χ1v) is 9.56. The SMILES string of the molecule is CCCCC(CC)CNC(=NC)NCC1CN2CCCC2CO1. The highest BCUT2D eigenvalue weighted by Gasteiger charge is 2.32. The molecule has 2 N–H and O–H groups in total. The molecule has 0 aromatic rings. The Balaban J connectivity index is 1.66. The second-order valence-electron chi connectivity index (χ2n) is 7.00. The van der Waals surface area contributed by atoms with Crippen molar-refractivity contribution in [1.29, 1.82) is 0 Å².